The van der Waals surface area contributed by atoms with Crippen molar-refractivity contribution in [3.63, 3.8) is 0 Å². The maximum absolute atomic E-state index is 12.5. The van der Waals surface area contributed by atoms with Gasteiger partial charge in [-0.15, -0.1) is 0 Å². The van der Waals surface area contributed by atoms with Gasteiger partial charge >= 0.3 is 0 Å². The molecule has 0 saturated heterocycles. The van der Waals surface area contributed by atoms with Crippen LogP contribution in [0, 0.1) is 5.41 Å². The predicted octanol–water partition coefficient (Wildman–Crippen LogP) is 0.231. The minimum absolute atomic E-state index is 0.0160. The van der Waals surface area contributed by atoms with Crippen LogP contribution < -0.4 is 30.4 Å². The number of carbonyl (C=O) groups excluding carboxylic acids is 1. The Labute approximate surface area is 168 Å². The van der Waals surface area contributed by atoms with Gasteiger partial charge in [-0.2, -0.15) is 4.98 Å². The summed E-state index contributed by atoms with van der Waals surface area (Å²) in [6.07, 6.45) is 7.87. The molecular weight excluding hydrogens is 392 g/mol. The highest BCUT2D eigenvalue weighted by molar-refractivity contribution is 7.11. The van der Waals surface area contributed by atoms with Crippen LogP contribution in [-0.4, -0.2) is 34.8 Å². The molecule has 3 aliphatic rings. The van der Waals surface area contributed by atoms with Crippen LogP contribution >= 0.6 is 11.3 Å². The quantitative estimate of drug-likeness (QED) is 0.645. The number of carbonyl (C=O) groups is 1. The second kappa shape index (κ2) is 7.36. The van der Waals surface area contributed by atoms with Crippen molar-refractivity contribution in [3.8, 4) is 16.6 Å². The van der Waals surface area contributed by atoms with Crippen molar-refractivity contribution in [2.24, 2.45) is 0 Å². The number of benzene rings is 1. The zero-order valence-electron chi connectivity index (χ0n) is 15.6. The molecule has 8 nitrogen and oxygen atoms in total. The molecule has 0 saturated carbocycles. The first-order valence-electron chi connectivity index (χ1n) is 8.55. The van der Waals surface area contributed by atoms with E-state index in [1.54, 1.807) is 43.5 Å². The largest absolute Gasteiger partial charge is 0.493 e. The molecule has 0 fully saturated rings. The second-order valence-corrected chi connectivity index (χ2v) is 7.10. The van der Waals surface area contributed by atoms with Gasteiger partial charge in [-0.05, 0) is 48.1 Å². The van der Waals surface area contributed by atoms with E-state index in [1.165, 1.54) is 35.3 Å². The predicted molar refractivity (Wildman–Crippen MR) is 108 cm³/mol. The molecule has 0 bridgehead atoms. The summed E-state index contributed by atoms with van der Waals surface area (Å²) in [5, 5.41) is 12.1. The van der Waals surface area contributed by atoms with Crippen LogP contribution in [0.25, 0.3) is 16.8 Å². The Balaban J connectivity index is 1.92. The molecule has 2 N–H and O–H groups in total. The molecule has 1 aliphatic carbocycles. The van der Waals surface area contributed by atoms with E-state index >= 15 is 0 Å². The van der Waals surface area contributed by atoms with Crippen LogP contribution in [-0.2, 0) is 4.79 Å². The Morgan fingerprint density at radius 2 is 1.83 bits per heavy atom. The van der Waals surface area contributed by atoms with Crippen molar-refractivity contribution < 1.29 is 14.3 Å². The van der Waals surface area contributed by atoms with Gasteiger partial charge in [0, 0.05) is 5.57 Å². The fourth-order valence-electron chi connectivity index (χ4n) is 2.87. The van der Waals surface area contributed by atoms with E-state index in [1.807, 2.05) is 0 Å². The Morgan fingerprint density at radius 3 is 2.52 bits per heavy atom. The number of aromatic amines is 1. The zero-order valence-corrected chi connectivity index (χ0v) is 16.4. The third-order valence-corrected chi connectivity index (χ3v) is 5.33. The first kappa shape index (κ1) is 18.6. The molecule has 0 unspecified atom stereocenters. The molecule has 2 aliphatic heterocycles. The van der Waals surface area contributed by atoms with Gasteiger partial charge in [0.25, 0.3) is 5.56 Å². The SMILES string of the molecule is COc1ccc(C=c2c(=O)nc3sc(=C4C=CC(=O)C=C4)[nH]n-3c2=N)cc1OC. The summed E-state index contributed by atoms with van der Waals surface area (Å²) in [7, 11) is 3.07. The van der Waals surface area contributed by atoms with Crippen molar-refractivity contribution in [2.45, 2.75) is 0 Å². The maximum Gasteiger partial charge on any atom is 0.283 e. The molecule has 0 amide bonds. The Kier molecular flexibility index (Phi) is 4.73. The average Bonchev–Trinajstić information content (AvgIpc) is 3.15. The lowest BCUT2D eigenvalue weighted by atomic mass is 10.1. The van der Waals surface area contributed by atoms with E-state index in [-0.39, 0.29) is 16.5 Å². The lowest BCUT2D eigenvalue weighted by Crippen LogP contribution is -2.47. The molecule has 9 heteroatoms. The Morgan fingerprint density at radius 1 is 1.10 bits per heavy atom. The number of hydrogen-bond acceptors (Lipinski definition) is 7. The number of allylic oxidation sites excluding steroid dienone is 4. The summed E-state index contributed by atoms with van der Waals surface area (Å²) < 4.78 is 12.6. The normalized spacial score (nSPS) is 14.1. The summed E-state index contributed by atoms with van der Waals surface area (Å²) >= 11 is 1.23. The van der Waals surface area contributed by atoms with E-state index in [0.717, 1.165) is 5.57 Å². The molecule has 1 aromatic rings. The van der Waals surface area contributed by atoms with Gasteiger partial charge in [0.1, 0.15) is 4.66 Å². The number of rotatable bonds is 3. The molecule has 0 spiro atoms. The lowest BCUT2D eigenvalue weighted by Gasteiger charge is -2.07. The van der Waals surface area contributed by atoms with Crippen LogP contribution in [0.3, 0.4) is 0 Å². The highest BCUT2D eigenvalue weighted by Gasteiger charge is 2.12. The smallest absolute Gasteiger partial charge is 0.283 e. The maximum atomic E-state index is 12.5. The number of nitrogens with zero attached hydrogens (tertiary/aromatic N) is 2. The van der Waals surface area contributed by atoms with Gasteiger partial charge in [0.2, 0.25) is 5.13 Å². The summed E-state index contributed by atoms with van der Waals surface area (Å²) in [4.78, 5) is 28.0. The summed E-state index contributed by atoms with van der Waals surface area (Å²) in [5.41, 5.74) is 0.938. The molecule has 0 atom stereocenters. The van der Waals surface area contributed by atoms with Crippen molar-refractivity contribution in [1.29, 1.82) is 5.41 Å². The van der Waals surface area contributed by atoms with Gasteiger partial charge in [0.05, 0.1) is 19.4 Å². The second-order valence-electron chi connectivity index (χ2n) is 6.12. The molecule has 2 heterocycles. The number of ether oxygens (including phenoxy) is 2. The fraction of sp³-hybridized carbons (Fsp3) is 0.100. The van der Waals surface area contributed by atoms with Crippen molar-refractivity contribution in [1.82, 2.24) is 14.8 Å². The van der Waals surface area contributed by atoms with Gasteiger partial charge in [-0.1, -0.05) is 17.4 Å². The molecule has 0 aromatic heterocycles. The van der Waals surface area contributed by atoms with Crippen LogP contribution in [0.4, 0.5) is 0 Å². The first-order valence-corrected chi connectivity index (χ1v) is 9.36. The highest BCUT2D eigenvalue weighted by atomic mass is 32.1. The third kappa shape index (κ3) is 3.43. The van der Waals surface area contributed by atoms with Crippen molar-refractivity contribution in [2.75, 3.05) is 14.2 Å². The van der Waals surface area contributed by atoms with Gasteiger partial charge in [-0.3, -0.25) is 20.1 Å². The number of hydrogen-bond donors (Lipinski definition) is 2. The van der Waals surface area contributed by atoms with Crippen LogP contribution in [0.2, 0.25) is 0 Å². The van der Waals surface area contributed by atoms with E-state index in [2.05, 4.69) is 10.1 Å². The summed E-state index contributed by atoms with van der Waals surface area (Å²) in [6, 6.07) is 5.22. The van der Waals surface area contributed by atoms with E-state index in [4.69, 9.17) is 14.9 Å². The lowest BCUT2D eigenvalue weighted by molar-refractivity contribution is -0.110. The molecule has 1 aromatic carbocycles. The summed E-state index contributed by atoms with van der Waals surface area (Å²) in [5.74, 6) is 1.00. The minimum atomic E-state index is -0.499. The number of H-pyrrole nitrogens is 1. The summed E-state index contributed by atoms with van der Waals surface area (Å²) in [6.45, 7) is 0. The topological polar surface area (TPSA) is 110 Å². The Hall–Kier alpha value is -3.72. The van der Waals surface area contributed by atoms with Crippen molar-refractivity contribution >= 4 is 28.8 Å². The molecule has 29 heavy (non-hydrogen) atoms. The average molecular weight is 408 g/mol. The number of ketones is 1. The highest BCUT2D eigenvalue weighted by Crippen LogP contribution is 2.27. The van der Waals surface area contributed by atoms with Crippen LogP contribution in [0.1, 0.15) is 5.56 Å². The van der Waals surface area contributed by atoms with E-state index in [9.17, 15) is 9.59 Å². The van der Waals surface area contributed by atoms with Gasteiger partial charge in [-0.25, -0.2) is 4.68 Å². The van der Waals surface area contributed by atoms with Crippen LogP contribution in [0.5, 0.6) is 11.5 Å². The molecule has 4 rings (SSSR count). The number of aromatic nitrogens is 3. The fourth-order valence-corrected chi connectivity index (χ4v) is 3.80. The molecule has 0 radical (unpaired) electrons. The van der Waals surface area contributed by atoms with Crippen LogP contribution in [0.15, 0.2) is 47.3 Å². The number of methoxy groups -OCH3 is 2. The number of nitrogens with one attached hydrogen (secondary N) is 2. The van der Waals surface area contributed by atoms with E-state index in [0.29, 0.717) is 26.9 Å². The number of fused-ring (bicyclic) bond motifs is 1. The van der Waals surface area contributed by atoms with E-state index < -0.39 is 5.56 Å². The third-order valence-electron chi connectivity index (χ3n) is 4.34. The van der Waals surface area contributed by atoms with Gasteiger partial charge < -0.3 is 9.47 Å². The molecular formula is C20H16N4O4S. The minimum Gasteiger partial charge on any atom is -0.493 e. The van der Waals surface area contributed by atoms with Crippen molar-refractivity contribution in [3.05, 3.63) is 73.8 Å². The first-order chi connectivity index (χ1) is 14.0. The Bertz CT molecular complexity index is 1370. The zero-order chi connectivity index (χ0) is 20.5. The molecule has 146 valence electrons. The monoisotopic (exact) mass is 408 g/mol. The standard InChI is InChI=1S/C20H16N4O4S/c1-27-15-8-3-11(10-16(15)28-2)9-14-17(21)24-20(22-18(14)26)29-19(23-24)12-4-6-13(25)7-5-12/h3-10,21,23H,1-2H3. The van der Waals surface area contributed by atoms with Gasteiger partial charge in [0.15, 0.2) is 22.8 Å².